The van der Waals surface area contributed by atoms with E-state index in [1.54, 1.807) is 6.29 Å². The first-order chi connectivity index (χ1) is 10.3. The second-order valence-electron chi connectivity index (χ2n) is 4.33. The van der Waals surface area contributed by atoms with Gasteiger partial charge in [0.2, 0.25) is 5.91 Å². The third-order valence-electron chi connectivity index (χ3n) is 2.81. The molecule has 0 unspecified atom stereocenters. The molecule has 0 saturated carbocycles. The summed E-state index contributed by atoms with van der Waals surface area (Å²) in [4.78, 5) is 22.6. The predicted octanol–water partition coefficient (Wildman–Crippen LogP) is 4.07. The maximum Gasteiger partial charge on any atom is 0.416 e. The monoisotopic (exact) mass is 377 g/mol. The smallest absolute Gasteiger partial charge is 0.376 e. The Morgan fingerprint density at radius 2 is 1.70 bits per heavy atom. The Balaban J connectivity index is 0.00000264. The molecular weight excluding hydrogens is 370 g/mol. The van der Waals surface area contributed by atoms with Crippen LogP contribution in [0.15, 0.2) is 42.5 Å². The zero-order valence-electron chi connectivity index (χ0n) is 11.3. The fourth-order valence-electron chi connectivity index (χ4n) is 1.69. The van der Waals surface area contributed by atoms with Crippen molar-refractivity contribution in [2.45, 2.75) is 6.18 Å². The van der Waals surface area contributed by atoms with Crippen molar-refractivity contribution in [3.63, 3.8) is 0 Å². The number of rotatable bonds is 3. The maximum atomic E-state index is 12.4. The van der Waals surface area contributed by atoms with E-state index in [-0.39, 0.29) is 40.4 Å². The summed E-state index contributed by atoms with van der Waals surface area (Å²) in [6.45, 7) is 0. The largest absolute Gasteiger partial charge is 0.416 e. The first kappa shape index (κ1) is 19.3. The minimum atomic E-state index is -4.44. The molecule has 2 aromatic carbocycles. The first-order valence-electron chi connectivity index (χ1n) is 5.97. The van der Waals surface area contributed by atoms with E-state index in [0.717, 1.165) is 24.3 Å². The summed E-state index contributed by atoms with van der Waals surface area (Å²) >= 11 is 5.72. The Hall–Kier alpha value is -1.76. The molecule has 0 fully saturated rings. The van der Waals surface area contributed by atoms with Crippen LogP contribution in [0.2, 0.25) is 5.02 Å². The third kappa shape index (κ3) is 4.86. The van der Waals surface area contributed by atoms with Crippen molar-refractivity contribution >= 4 is 29.5 Å². The molecule has 1 N–H and O–H groups in total. The van der Waals surface area contributed by atoms with E-state index in [1.165, 1.54) is 18.2 Å². The van der Waals surface area contributed by atoms with Gasteiger partial charge in [0, 0.05) is 24.2 Å². The summed E-state index contributed by atoms with van der Waals surface area (Å²) in [5.74, 6) is -0.576. The Kier molecular flexibility index (Phi) is 6.44. The standard InChI is InChI=1S/C15H8ClF3NO2.V/c16-13-6-1-9(7-10(13)8-21)14(22)20-12-4-2-11(3-5-12)15(17,18)19;/h1-7H,(H,20,22);/q-1;. The van der Waals surface area contributed by atoms with Gasteiger partial charge in [-0.05, 0) is 29.8 Å². The van der Waals surface area contributed by atoms with Crippen LogP contribution in [0.25, 0.3) is 0 Å². The number of carbonyl (C=O) groups excluding carboxylic acids is 2. The maximum absolute atomic E-state index is 12.4. The van der Waals surface area contributed by atoms with Gasteiger partial charge in [-0.25, -0.2) is 0 Å². The first-order valence-corrected chi connectivity index (χ1v) is 6.35. The van der Waals surface area contributed by atoms with Gasteiger partial charge in [-0.15, -0.1) is 11.6 Å². The normalized spacial score (nSPS) is 10.6. The van der Waals surface area contributed by atoms with Crippen LogP contribution in [0.1, 0.15) is 21.5 Å². The summed E-state index contributed by atoms with van der Waals surface area (Å²) in [6, 6.07) is 8.01. The molecule has 8 heteroatoms. The van der Waals surface area contributed by atoms with Gasteiger partial charge in [-0.3, -0.25) is 4.79 Å². The minimum Gasteiger partial charge on any atom is -0.376 e. The van der Waals surface area contributed by atoms with Crippen molar-refractivity contribution in [3.05, 3.63) is 64.2 Å². The number of hydrogen-bond donors (Lipinski definition) is 1. The van der Waals surface area contributed by atoms with E-state index in [4.69, 9.17) is 11.6 Å². The van der Waals surface area contributed by atoms with E-state index in [9.17, 15) is 22.8 Å². The van der Waals surface area contributed by atoms with Gasteiger partial charge >= 0.3 is 6.18 Å². The zero-order chi connectivity index (χ0) is 16.3. The molecule has 119 valence electrons. The van der Waals surface area contributed by atoms with Crippen molar-refractivity contribution < 1.29 is 41.3 Å². The molecular formula is C15H8ClF3NO2V-. The molecule has 1 radical (unpaired) electrons. The van der Waals surface area contributed by atoms with Crippen LogP contribution in [-0.4, -0.2) is 12.2 Å². The summed E-state index contributed by atoms with van der Waals surface area (Å²) < 4.78 is 37.3. The SMILES string of the molecule is O=[C-]c1cc(C(=O)Nc2ccc(C(F)(F)F)cc2)ccc1Cl.[V]. The number of halogens is 4. The third-order valence-corrected chi connectivity index (χ3v) is 3.14. The molecule has 0 saturated heterocycles. The number of hydrogen-bond acceptors (Lipinski definition) is 2. The molecule has 1 amide bonds. The molecule has 0 aliphatic rings. The van der Waals surface area contributed by atoms with Crippen molar-refractivity contribution in [3.8, 4) is 0 Å². The minimum absolute atomic E-state index is 0. The molecule has 2 rings (SSSR count). The second-order valence-corrected chi connectivity index (χ2v) is 4.73. The van der Waals surface area contributed by atoms with Gasteiger partial charge in [-0.1, -0.05) is 17.2 Å². The van der Waals surface area contributed by atoms with Gasteiger partial charge < -0.3 is 10.1 Å². The molecule has 0 atom stereocenters. The number of nitrogens with one attached hydrogen (secondary N) is 1. The van der Waals surface area contributed by atoms with Crippen molar-refractivity contribution in [1.82, 2.24) is 0 Å². The Morgan fingerprint density at radius 1 is 1.09 bits per heavy atom. The van der Waals surface area contributed by atoms with E-state index in [2.05, 4.69) is 5.32 Å². The number of benzene rings is 2. The van der Waals surface area contributed by atoms with Gasteiger partial charge in [0.05, 0.1) is 11.8 Å². The molecule has 0 aliphatic carbocycles. The van der Waals surface area contributed by atoms with Gasteiger partial charge in [0.25, 0.3) is 0 Å². The van der Waals surface area contributed by atoms with E-state index in [1.807, 2.05) is 0 Å². The predicted molar refractivity (Wildman–Crippen MR) is 75.6 cm³/mol. The van der Waals surface area contributed by atoms with Gasteiger partial charge in [0.1, 0.15) is 0 Å². The number of alkyl halides is 3. The average molecular weight is 378 g/mol. The van der Waals surface area contributed by atoms with Crippen LogP contribution >= 0.6 is 11.6 Å². The molecule has 23 heavy (non-hydrogen) atoms. The summed E-state index contributed by atoms with van der Waals surface area (Å²) in [5, 5.41) is 2.58. The molecule has 0 aliphatic heterocycles. The fraction of sp³-hybridized carbons (Fsp3) is 0.0667. The summed E-state index contributed by atoms with van der Waals surface area (Å²) in [5.41, 5.74) is -0.441. The Labute approximate surface area is 146 Å². The number of anilines is 1. The summed E-state index contributed by atoms with van der Waals surface area (Å²) in [6.07, 6.45) is -2.85. The van der Waals surface area contributed by atoms with Crippen LogP contribution in [0.5, 0.6) is 0 Å². The van der Waals surface area contributed by atoms with Crippen LogP contribution in [0, 0.1) is 0 Å². The van der Waals surface area contributed by atoms with Gasteiger partial charge in [0.15, 0.2) is 0 Å². The van der Waals surface area contributed by atoms with Crippen LogP contribution < -0.4 is 5.32 Å². The quantitative estimate of drug-likeness (QED) is 0.820. The van der Waals surface area contributed by atoms with E-state index >= 15 is 0 Å². The zero-order valence-corrected chi connectivity index (χ0v) is 13.5. The van der Waals surface area contributed by atoms with Crippen molar-refractivity contribution in [2.75, 3.05) is 5.32 Å². The van der Waals surface area contributed by atoms with E-state index < -0.39 is 17.6 Å². The molecule has 0 bridgehead atoms. The Morgan fingerprint density at radius 3 is 2.22 bits per heavy atom. The molecule has 3 nitrogen and oxygen atoms in total. The number of amides is 1. The van der Waals surface area contributed by atoms with Crippen LogP contribution in [-0.2, 0) is 29.5 Å². The average Bonchev–Trinajstić information content (AvgIpc) is 2.47. The van der Waals surface area contributed by atoms with Gasteiger partial charge in [-0.2, -0.15) is 24.8 Å². The molecule has 2 aromatic rings. The molecule has 0 aromatic heterocycles. The number of carbonyl (C=O) groups is 1. The molecule has 0 spiro atoms. The molecule has 0 heterocycles. The Bertz CT molecular complexity index is 718. The van der Waals surface area contributed by atoms with Crippen LogP contribution in [0.3, 0.4) is 0 Å². The summed E-state index contributed by atoms with van der Waals surface area (Å²) in [7, 11) is 0. The second kappa shape index (κ2) is 7.68. The van der Waals surface area contributed by atoms with E-state index in [0.29, 0.717) is 0 Å². The fourth-order valence-corrected chi connectivity index (χ4v) is 1.85. The topological polar surface area (TPSA) is 46.2 Å². The van der Waals surface area contributed by atoms with Crippen molar-refractivity contribution in [2.24, 2.45) is 0 Å². The van der Waals surface area contributed by atoms with Crippen LogP contribution in [0.4, 0.5) is 18.9 Å². The van der Waals surface area contributed by atoms with Crippen molar-refractivity contribution in [1.29, 1.82) is 0 Å².